The molecule has 0 N–H and O–H groups in total. The van der Waals surface area contributed by atoms with Crippen molar-refractivity contribution in [3.05, 3.63) is 75.5 Å². The van der Waals surface area contributed by atoms with Crippen LogP contribution in [0.2, 0.25) is 10.0 Å². The van der Waals surface area contributed by atoms with Gasteiger partial charge in [-0.15, -0.1) is 0 Å². The molecule has 1 aliphatic heterocycles. The van der Waals surface area contributed by atoms with E-state index in [0.29, 0.717) is 26.3 Å². The molecular formula is C16H10Cl2FN5. The third-order valence-electron chi connectivity index (χ3n) is 3.63. The molecule has 4 rings (SSSR count). The number of halogens is 3. The van der Waals surface area contributed by atoms with E-state index in [0.717, 1.165) is 0 Å². The molecule has 3 aromatic rings. The Labute approximate surface area is 146 Å². The van der Waals surface area contributed by atoms with Crippen molar-refractivity contribution in [2.75, 3.05) is 4.90 Å². The Hall–Kier alpha value is -2.44. The highest BCUT2D eigenvalue weighted by molar-refractivity contribution is 6.36. The second-order valence-corrected chi connectivity index (χ2v) is 6.03. The van der Waals surface area contributed by atoms with Gasteiger partial charge in [0.05, 0.1) is 16.1 Å². The molecule has 0 bridgehead atoms. The molecule has 2 aromatic carbocycles. The van der Waals surface area contributed by atoms with Crippen LogP contribution in [0.15, 0.2) is 54.0 Å². The molecule has 0 radical (unpaired) electrons. The smallest absolute Gasteiger partial charge is 0.224 e. The summed E-state index contributed by atoms with van der Waals surface area (Å²) in [7, 11) is 0. The lowest BCUT2D eigenvalue weighted by Gasteiger charge is -2.30. The molecule has 1 atom stereocenters. The van der Waals surface area contributed by atoms with Crippen LogP contribution in [0.25, 0.3) is 6.20 Å². The minimum atomic E-state index is -0.524. The maximum Gasteiger partial charge on any atom is 0.224 e. The third kappa shape index (κ3) is 2.64. The Bertz CT molecular complexity index is 1020. The van der Waals surface area contributed by atoms with Gasteiger partial charge in [-0.05, 0) is 36.4 Å². The molecule has 2 heterocycles. The number of anilines is 1. The van der Waals surface area contributed by atoms with Crippen molar-refractivity contribution in [2.24, 2.45) is 4.99 Å². The topological polar surface area (TPSA) is 46.3 Å². The van der Waals surface area contributed by atoms with E-state index in [1.165, 1.54) is 18.5 Å². The van der Waals surface area contributed by atoms with Gasteiger partial charge in [0.2, 0.25) is 6.29 Å². The predicted octanol–water partition coefficient (Wildman–Crippen LogP) is 2.76. The van der Waals surface area contributed by atoms with Crippen LogP contribution in [0.4, 0.5) is 10.1 Å². The zero-order valence-corrected chi connectivity index (χ0v) is 13.7. The van der Waals surface area contributed by atoms with E-state index >= 15 is 0 Å². The second-order valence-electron chi connectivity index (χ2n) is 5.19. The molecule has 1 aliphatic rings. The third-order valence-corrected chi connectivity index (χ3v) is 4.17. The van der Waals surface area contributed by atoms with Crippen LogP contribution in [0.3, 0.4) is 0 Å². The van der Waals surface area contributed by atoms with Gasteiger partial charge in [0.25, 0.3) is 0 Å². The fourth-order valence-electron chi connectivity index (χ4n) is 2.56. The van der Waals surface area contributed by atoms with Crippen LogP contribution in [-0.4, -0.2) is 14.8 Å². The standard InChI is InChI=1S/C16H10Cl2FN5/c17-11-1-4-15(13(18)6-11)23-7-10-5-12(19)2-3-14(10)22-16(23)24-9-20-8-21-24/h1-9,16H. The van der Waals surface area contributed by atoms with Crippen LogP contribution < -0.4 is 15.5 Å². The maximum atomic E-state index is 13.6. The van der Waals surface area contributed by atoms with E-state index in [9.17, 15) is 4.39 Å². The van der Waals surface area contributed by atoms with Gasteiger partial charge in [-0.25, -0.2) is 19.0 Å². The number of hydrogen-bond donors (Lipinski definition) is 0. The Balaban J connectivity index is 1.94. The van der Waals surface area contributed by atoms with Crippen LogP contribution in [0.1, 0.15) is 6.29 Å². The average Bonchev–Trinajstić information content (AvgIpc) is 3.08. The van der Waals surface area contributed by atoms with Crippen molar-refractivity contribution >= 4 is 35.1 Å². The van der Waals surface area contributed by atoms with Crippen LogP contribution in [0, 0.1) is 5.82 Å². The summed E-state index contributed by atoms with van der Waals surface area (Å²) in [6.07, 6.45) is 4.25. The van der Waals surface area contributed by atoms with Gasteiger partial charge < -0.3 is 4.90 Å². The number of hydrogen-bond acceptors (Lipinski definition) is 4. The molecule has 0 saturated heterocycles. The van der Waals surface area contributed by atoms with Gasteiger partial charge in [-0.2, -0.15) is 5.10 Å². The number of nitrogens with zero attached hydrogens (tertiary/aromatic N) is 5. The molecule has 5 nitrogen and oxygen atoms in total. The Morgan fingerprint density at radius 1 is 1.08 bits per heavy atom. The number of rotatable bonds is 2. The lowest BCUT2D eigenvalue weighted by molar-refractivity contribution is 0.467. The first-order valence-electron chi connectivity index (χ1n) is 7.04. The molecule has 8 heteroatoms. The molecule has 0 spiro atoms. The fraction of sp³-hybridized carbons (Fsp3) is 0.0625. The number of fused-ring (bicyclic) bond motifs is 1. The molecule has 1 aromatic heterocycles. The van der Waals surface area contributed by atoms with Crippen LogP contribution >= 0.6 is 23.2 Å². The van der Waals surface area contributed by atoms with Crippen molar-refractivity contribution in [3.63, 3.8) is 0 Å². The largest absolute Gasteiger partial charge is 0.305 e. The molecule has 1 unspecified atom stereocenters. The summed E-state index contributed by atoms with van der Waals surface area (Å²) in [4.78, 5) is 10.4. The summed E-state index contributed by atoms with van der Waals surface area (Å²) in [6, 6.07) is 9.59. The van der Waals surface area contributed by atoms with E-state index in [-0.39, 0.29) is 5.82 Å². The predicted molar refractivity (Wildman–Crippen MR) is 89.6 cm³/mol. The van der Waals surface area contributed by atoms with Crippen molar-refractivity contribution < 1.29 is 4.39 Å². The highest BCUT2D eigenvalue weighted by Crippen LogP contribution is 2.33. The van der Waals surface area contributed by atoms with Crippen LogP contribution in [0.5, 0.6) is 0 Å². The minimum Gasteiger partial charge on any atom is -0.305 e. The normalized spacial score (nSPS) is 16.3. The summed E-state index contributed by atoms with van der Waals surface area (Å²) in [6.45, 7) is 0. The SMILES string of the molecule is Fc1ccc2c(c1)=CN(c1ccc(Cl)cc1Cl)C(n1cncn1)N=2. The van der Waals surface area contributed by atoms with Crippen molar-refractivity contribution in [3.8, 4) is 0 Å². The van der Waals surface area contributed by atoms with Gasteiger partial charge in [0.15, 0.2) is 0 Å². The fourth-order valence-corrected chi connectivity index (χ4v) is 3.06. The highest BCUT2D eigenvalue weighted by atomic mass is 35.5. The summed E-state index contributed by atoms with van der Waals surface area (Å²) < 4.78 is 15.2. The minimum absolute atomic E-state index is 0.332. The zero-order valence-electron chi connectivity index (χ0n) is 12.1. The van der Waals surface area contributed by atoms with Crippen LogP contribution in [-0.2, 0) is 0 Å². The molecule has 0 aliphatic carbocycles. The molecule has 0 amide bonds. The van der Waals surface area contributed by atoms with E-state index in [4.69, 9.17) is 23.2 Å². The summed E-state index contributed by atoms with van der Waals surface area (Å²) in [5, 5.41) is 6.46. The summed E-state index contributed by atoms with van der Waals surface area (Å²) in [5.74, 6) is -0.332. The molecule has 120 valence electrons. The van der Waals surface area contributed by atoms with Gasteiger partial charge in [0.1, 0.15) is 18.5 Å². The highest BCUT2D eigenvalue weighted by Gasteiger charge is 2.23. The monoisotopic (exact) mass is 361 g/mol. The first-order valence-corrected chi connectivity index (χ1v) is 7.80. The quantitative estimate of drug-likeness (QED) is 0.704. The Kier molecular flexibility index (Phi) is 3.70. The lowest BCUT2D eigenvalue weighted by Crippen LogP contribution is -2.40. The van der Waals surface area contributed by atoms with Crippen molar-refractivity contribution in [1.29, 1.82) is 0 Å². The zero-order chi connectivity index (χ0) is 16.7. The molecule has 0 saturated carbocycles. The van der Waals surface area contributed by atoms with Gasteiger partial charge in [0, 0.05) is 16.4 Å². The van der Waals surface area contributed by atoms with E-state index < -0.39 is 6.29 Å². The van der Waals surface area contributed by atoms with Gasteiger partial charge in [-0.1, -0.05) is 23.2 Å². The number of aromatic nitrogens is 3. The first kappa shape index (κ1) is 15.1. The van der Waals surface area contributed by atoms with Crippen molar-refractivity contribution in [1.82, 2.24) is 14.8 Å². The summed E-state index contributed by atoms with van der Waals surface area (Å²) >= 11 is 12.3. The first-order chi connectivity index (χ1) is 11.6. The van der Waals surface area contributed by atoms with E-state index in [1.54, 1.807) is 46.4 Å². The summed E-state index contributed by atoms with van der Waals surface area (Å²) in [5.41, 5.74) is 0.681. The van der Waals surface area contributed by atoms with Crippen molar-refractivity contribution in [2.45, 2.75) is 6.29 Å². The second kappa shape index (κ2) is 5.89. The Morgan fingerprint density at radius 3 is 2.71 bits per heavy atom. The van der Waals surface area contributed by atoms with Gasteiger partial charge >= 0.3 is 0 Å². The molecule has 0 fully saturated rings. The average molecular weight is 362 g/mol. The molecule has 24 heavy (non-hydrogen) atoms. The van der Waals surface area contributed by atoms with Gasteiger partial charge in [-0.3, -0.25) is 0 Å². The van der Waals surface area contributed by atoms with E-state index in [1.807, 2.05) is 0 Å². The maximum absolute atomic E-state index is 13.6. The Morgan fingerprint density at radius 2 is 1.96 bits per heavy atom. The molecular weight excluding hydrogens is 352 g/mol. The number of benzene rings is 2. The lowest BCUT2D eigenvalue weighted by atomic mass is 10.2. The van der Waals surface area contributed by atoms with E-state index in [2.05, 4.69) is 15.1 Å².